The zero-order chi connectivity index (χ0) is 21.3. The fourth-order valence-electron chi connectivity index (χ4n) is 2.66. The minimum Gasteiger partial charge on any atom is -0.492 e. The molecule has 3 rings (SSSR count). The Morgan fingerprint density at radius 2 is 1.90 bits per heavy atom. The molecule has 0 aliphatic rings. The molecule has 1 heterocycles. The van der Waals surface area contributed by atoms with Crippen LogP contribution < -0.4 is 15.4 Å². The second-order valence-corrected chi connectivity index (χ2v) is 7.56. The van der Waals surface area contributed by atoms with E-state index in [2.05, 4.69) is 15.6 Å². The van der Waals surface area contributed by atoms with E-state index in [4.69, 9.17) is 4.74 Å². The van der Waals surface area contributed by atoms with Crippen LogP contribution in [0.4, 0.5) is 5.69 Å². The number of imidazole rings is 1. The van der Waals surface area contributed by atoms with Crippen LogP contribution in [0.15, 0.2) is 66.1 Å². The Balaban J connectivity index is 1.49. The average molecular weight is 425 g/mol. The minimum absolute atomic E-state index is 0.200. The molecule has 0 aliphatic heterocycles. The average Bonchev–Trinajstić information content (AvgIpc) is 3.16. The summed E-state index contributed by atoms with van der Waals surface area (Å²) in [7, 11) is 1.87. The Labute approximate surface area is 179 Å². The molecule has 7 nitrogen and oxygen atoms in total. The van der Waals surface area contributed by atoms with Crippen molar-refractivity contribution < 1.29 is 14.3 Å². The van der Waals surface area contributed by atoms with E-state index in [0.717, 1.165) is 16.5 Å². The number of hydrogen-bond donors (Lipinski definition) is 2. The lowest BCUT2D eigenvalue weighted by Crippen LogP contribution is -2.29. The molecule has 2 amide bonds. The molecule has 0 saturated heterocycles. The van der Waals surface area contributed by atoms with Gasteiger partial charge in [0.1, 0.15) is 12.4 Å². The maximum Gasteiger partial charge on any atom is 0.253 e. The molecule has 8 heteroatoms. The van der Waals surface area contributed by atoms with Crippen molar-refractivity contribution in [2.24, 2.45) is 7.05 Å². The number of para-hydroxylation sites is 1. The highest BCUT2D eigenvalue weighted by Crippen LogP contribution is 2.18. The highest BCUT2D eigenvalue weighted by atomic mass is 32.2. The van der Waals surface area contributed by atoms with Crippen LogP contribution in [0, 0.1) is 6.92 Å². The van der Waals surface area contributed by atoms with Crippen LogP contribution in [0.5, 0.6) is 5.75 Å². The van der Waals surface area contributed by atoms with E-state index >= 15 is 0 Å². The highest BCUT2D eigenvalue weighted by Gasteiger charge is 2.13. The number of hydrogen-bond acceptors (Lipinski definition) is 5. The predicted molar refractivity (Wildman–Crippen MR) is 118 cm³/mol. The van der Waals surface area contributed by atoms with Gasteiger partial charge in [-0.1, -0.05) is 41.6 Å². The van der Waals surface area contributed by atoms with E-state index in [1.165, 1.54) is 11.8 Å². The Kier molecular flexibility index (Phi) is 7.51. The van der Waals surface area contributed by atoms with E-state index in [9.17, 15) is 9.59 Å². The number of nitrogens with one attached hydrogen (secondary N) is 2. The van der Waals surface area contributed by atoms with E-state index in [-0.39, 0.29) is 17.6 Å². The molecule has 0 unspecified atom stereocenters. The second kappa shape index (κ2) is 10.5. The molecule has 3 aromatic rings. The smallest absolute Gasteiger partial charge is 0.253 e. The van der Waals surface area contributed by atoms with Crippen molar-refractivity contribution in [2.45, 2.75) is 12.1 Å². The molecule has 2 aromatic carbocycles. The summed E-state index contributed by atoms with van der Waals surface area (Å²) in [5.74, 6) is 0.486. The van der Waals surface area contributed by atoms with Crippen LogP contribution in [-0.4, -0.2) is 40.3 Å². The first kappa shape index (κ1) is 21.4. The van der Waals surface area contributed by atoms with Gasteiger partial charge in [0.15, 0.2) is 5.16 Å². The summed E-state index contributed by atoms with van der Waals surface area (Å²) in [6.45, 7) is 2.71. The lowest BCUT2D eigenvalue weighted by Gasteiger charge is -2.12. The number of ether oxygens (including phenoxy) is 1. The quantitative estimate of drug-likeness (QED) is 0.407. The Bertz CT molecular complexity index is 1000. The molecule has 156 valence electrons. The maximum atomic E-state index is 12.6. The van der Waals surface area contributed by atoms with Gasteiger partial charge in [0.05, 0.1) is 23.5 Å². The lowest BCUT2D eigenvalue weighted by molar-refractivity contribution is -0.113. The molecule has 2 N–H and O–H groups in total. The van der Waals surface area contributed by atoms with Gasteiger partial charge < -0.3 is 19.9 Å². The summed E-state index contributed by atoms with van der Waals surface area (Å²) in [5, 5.41) is 6.38. The van der Waals surface area contributed by atoms with Gasteiger partial charge in [0.2, 0.25) is 5.91 Å². The third-order valence-corrected chi connectivity index (χ3v) is 5.29. The summed E-state index contributed by atoms with van der Waals surface area (Å²) >= 11 is 1.33. The van der Waals surface area contributed by atoms with E-state index in [0.29, 0.717) is 24.4 Å². The van der Waals surface area contributed by atoms with Gasteiger partial charge >= 0.3 is 0 Å². The Hall–Kier alpha value is -3.26. The van der Waals surface area contributed by atoms with Crippen molar-refractivity contribution in [3.05, 3.63) is 72.1 Å². The summed E-state index contributed by atoms with van der Waals surface area (Å²) < 4.78 is 7.47. The Morgan fingerprint density at radius 3 is 2.63 bits per heavy atom. The van der Waals surface area contributed by atoms with Crippen molar-refractivity contribution in [2.75, 3.05) is 24.2 Å². The molecule has 0 atom stereocenters. The number of aryl methyl sites for hydroxylation is 2. The van der Waals surface area contributed by atoms with Crippen LogP contribution in [0.3, 0.4) is 0 Å². The highest BCUT2D eigenvalue weighted by molar-refractivity contribution is 7.99. The maximum absolute atomic E-state index is 12.6. The summed E-state index contributed by atoms with van der Waals surface area (Å²) in [5.41, 5.74) is 2.04. The number of carbonyl (C=O) groups is 2. The van der Waals surface area contributed by atoms with Gasteiger partial charge in [-0.2, -0.15) is 0 Å². The molecule has 0 aliphatic carbocycles. The van der Waals surface area contributed by atoms with Crippen LogP contribution >= 0.6 is 11.8 Å². The number of benzene rings is 2. The molecule has 0 bridgehead atoms. The van der Waals surface area contributed by atoms with Crippen LogP contribution in [0.2, 0.25) is 0 Å². The first-order valence-corrected chi connectivity index (χ1v) is 10.5. The summed E-state index contributed by atoms with van der Waals surface area (Å²) in [6.07, 6.45) is 3.50. The van der Waals surface area contributed by atoms with Gasteiger partial charge in [-0.25, -0.2) is 4.98 Å². The van der Waals surface area contributed by atoms with Gasteiger partial charge in [0.25, 0.3) is 5.91 Å². The second-order valence-electron chi connectivity index (χ2n) is 6.62. The number of carbonyl (C=O) groups excluding carboxylic acids is 2. The van der Waals surface area contributed by atoms with Crippen molar-refractivity contribution in [1.82, 2.24) is 14.9 Å². The van der Waals surface area contributed by atoms with Gasteiger partial charge in [-0.3, -0.25) is 9.59 Å². The molecule has 1 aromatic heterocycles. The molecule has 0 spiro atoms. The van der Waals surface area contributed by atoms with Gasteiger partial charge in [-0.15, -0.1) is 0 Å². The Morgan fingerprint density at radius 1 is 1.13 bits per heavy atom. The molecule has 0 radical (unpaired) electrons. The lowest BCUT2D eigenvalue weighted by atomic mass is 10.1. The molecule has 0 fully saturated rings. The van der Waals surface area contributed by atoms with Crippen molar-refractivity contribution in [1.29, 1.82) is 0 Å². The third kappa shape index (κ3) is 6.12. The largest absolute Gasteiger partial charge is 0.492 e. The van der Waals surface area contributed by atoms with Crippen molar-refractivity contribution in [3.63, 3.8) is 0 Å². The number of nitrogens with zero attached hydrogens (tertiary/aromatic N) is 2. The number of rotatable bonds is 9. The van der Waals surface area contributed by atoms with Crippen LogP contribution in [-0.2, 0) is 11.8 Å². The molecule has 0 saturated carbocycles. The predicted octanol–water partition coefficient (Wildman–Crippen LogP) is 3.27. The normalized spacial score (nSPS) is 10.5. The van der Waals surface area contributed by atoms with Crippen LogP contribution in [0.25, 0.3) is 0 Å². The third-order valence-electron chi connectivity index (χ3n) is 4.23. The fraction of sp³-hybridized carbons (Fsp3) is 0.227. The monoisotopic (exact) mass is 424 g/mol. The summed E-state index contributed by atoms with van der Waals surface area (Å²) in [4.78, 5) is 29.0. The standard InChI is InChI=1S/C22H24N4O3S/c1-16-7-9-17(10-8-16)29-14-12-23-21(28)18-5-3-4-6-19(18)25-20(27)15-30-22-24-11-13-26(22)2/h3-11,13H,12,14-15H2,1-2H3,(H,23,28)(H,25,27). The van der Waals surface area contributed by atoms with E-state index in [1.807, 2.05) is 49.0 Å². The summed E-state index contributed by atoms with van der Waals surface area (Å²) in [6, 6.07) is 14.7. The fourth-order valence-corrected chi connectivity index (χ4v) is 3.39. The number of aromatic nitrogens is 2. The number of anilines is 1. The zero-order valence-corrected chi connectivity index (χ0v) is 17.7. The van der Waals surface area contributed by atoms with Gasteiger partial charge in [0, 0.05) is 19.4 Å². The number of amides is 2. The SMILES string of the molecule is Cc1ccc(OCCNC(=O)c2ccccc2NC(=O)CSc2nccn2C)cc1. The van der Waals surface area contributed by atoms with E-state index < -0.39 is 0 Å². The van der Waals surface area contributed by atoms with Crippen LogP contribution in [0.1, 0.15) is 15.9 Å². The van der Waals surface area contributed by atoms with Crippen molar-refractivity contribution >= 4 is 29.3 Å². The first-order chi connectivity index (χ1) is 14.5. The van der Waals surface area contributed by atoms with Gasteiger partial charge in [-0.05, 0) is 31.2 Å². The zero-order valence-electron chi connectivity index (χ0n) is 16.9. The molecular weight excluding hydrogens is 400 g/mol. The number of thioether (sulfide) groups is 1. The first-order valence-electron chi connectivity index (χ1n) is 9.49. The molecule has 30 heavy (non-hydrogen) atoms. The van der Waals surface area contributed by atoms with E-state index in [1.54, 1.807) is 30.5 Å². The minimum atomic E-state index is -0.268. The topological polar surface area (TPSA) is 85.2 Å². The molecular formula is C22H24N4O3S. The van der Waals surface area contributed by atoms with Crippen molar-refractivity contribution in [3.8, 4) is 5.75 Å².